The number of carbonyl (C=O) groups is 1. The highest BCUT2D eigenvalue weighted by molar-refractivity contribution is 5.87. The van der Waals surface area contributed by atoms with E-state index in [1.54, 1.807) is 25.1 Å². The van der Waals surface area contributed by atoms with Gasteiger partial charge in [-0.1, -0.05) is 30.3 Å². The van der Waals surface area contributed by atoms with Gasteiger partial charge < -0.3 is 14.7 Å². The third-order valence-electron chi connectivity index (χ3n) is 7.74. The molecular weight excluding hydrogens is 517 g/mol. The molecule has 4 rings (SSSR count). The largest absolute Gasteiger partial charge is 0.493 e. The van der Waals surface area contributed by atoms with Crippen molar-refractivity contribution in [1.29, 1.82) is 0 Å². The fraction of sp³-hybridized carbons (Fsp3) is 0.469. The summed E-state index contributed by atoms with van der Waals surface area (Å²) in [7, 11) is 3.37. The van der Waals surface area contributed by atoms with Gasteiger partial charge in [0.2, 0.25) is 5.91 Å². The van der Waals surface area contributed by atoms with E-state index in [0.29, 0.717) is 25.7 Å². The average Bonchev–Trinajstić information content (AvgIpc) is 3.27. The maximum atomic E-state index is 15.8. The fourth-order valence-corrected chi connectivity index (χ4v) is 5.63. The summed E-state index contributed by atoms with van der Waals surface area (Å²) in [4.78, 5) is 14.9. The van der Waals surface area contributed by atoms with Gasteiger partial charge in [0.1, 0.15) is 23.1 Å². The molecule has 2 aliphatic rings. The molecule has 2 aromatic carbocycles. The van der Waals surface area contributed by atoms with E-state index in [-0.39, 0.29) is 36.4 Å². The molecule has 2 aromatic rings. The van der Waals surface area contributed by atoms with Crippen LogP contribution in [0.15, 0.2) is 54.1 Å². The summed E-state index contributed by atoms with van der Waals surface area (Å²) in [6.45, 7) is 2.68. The Bertz CT molecular complexity index is 1260. The molecule has 1 amide bonds. The highest BCUT2D eigenvalue weighted by Gasteiger charge is 2.43. The summed E-state index contributed by atoms with van der Waals surface area (Å²) >= 11 is 0. The number of carbonyl (C=O) groups excluding carboxylic acids is 1. The topological polar surface area (TPSA) is 53.0 Å². The molecule has 3 atom stereocenters. The molecule has 1 unspecified atom stereocenters. The fourth-order valence-electron chi connectivity index (χ4n) is 5.63. The number of allylic oxidation sites excluding steroid dienone is 1. The molecular formula is C32H39F3N2O3. The van der Waals surface area contributed by atoms with Crippen LogP contribution in [-0.2, 0) is 11.2 Å². The second kappa shape index (κ2) is 12.6. The Morgan fingerprint density at radius 1 is 1.20 bits per heavy atom. The lowest BCUT2D eigenvalue weighted by Crippen LogP contribution is -2.49. The predicted molar refractivity (Wildman–Crippen MR) is 151 cm³/mol. The van der Waals surface area contributed by atoms with Crippen molar-refractivity contribution in [2.75, 3.05) is 33.9 Å². The van der Waals surface area contributed by atoms with Crippen molar-refractivity contribution in [3.8, 4) is 5.75 Å². The Kier molecular flexibility index (Phi) is 9.41. The summed E-state index contributed by atoms with van der Waals surface area (Å²) < 4.78 is 52.3. The molecule has 0 fully saturated rings. The van der Waals surface area contributed by atoms with E-state index in [1.807, 2.05) is 31.2 Å². The standard InChI is InChI=1S/C32H39F3N2O3/c1-21-15-25-24-12-9-8-11-22(24)16-26(25)31(37(21)19-32(2,35)20-38)30-27(33)17-23(18-28(30)34)40-14-10-6-5-7-13-29(39)36(3)4/h7-9,11-13,17-18,21,31,38H,5-6,10,14-16,19-20H2,1-4H3/b13-7+/t21-,31+,32?/m1/s1. The van der Waals surface area contributed by atoms with Gasteiger partial charge in [-0.3, -0.25) is 9.69 Å². The predicted octanol–water partition coefficient (Wildman–Crippen LogP) is 6.02. The number of aliphatic hydroxyl groups excluding tert-OH is 1. The third kappa shape index (κ3) is 6.61. The number of hydrogen-bond donors (Lipinski definition) is 1. The molecule has 0 bridgehead atoms. The van der Waals surface area contributed by atoms with Gasteiger partial charge in [-0.15, -0.1) is 0 Å². The Labute approximate surface area is 234 Å². The number of alkyl halides is 1. The Morgan fingerprint density at radius 2 is 1.90 bits per heavy atom. The lowest BCUT2D eigenvalue weighted by molar-refractivity contribution is -0.123. The zero-order chi connectivity index (χ0) is 29.0. The van der Waals surface area contributed by atoms with Crippen LogP contribution in [0.4, 0.5) is 13.2 Å². The van der Waals surface area contributed by atoms with E-state index in [1.165, 1.54) is 30.0 Å². The van der Waals surface area contributed by atoms with Gasteiger partial charge in [0.15, 0.2) is 0 Å². The quantitative estimate of drug-likeness (QED) is 0.272. The minimum Gasteiger partial charge on any atom is -0.493 e. The molecule has 0 spiro atoms. The van der Waals surface area contributed by atoms with Crippen molar-refractivity contribution in [3.63, 3.8) is 0 Å². The molecule has 1 N–H and O–H groups in total. The Balaban J connectivity index is 1.54. The summed E-state index contributed by atoms with van der Waals surface area (Å²) in [6, 6.07) is 9.36. The van der Waals surface area contributed by atoms with Crippen molar-refractivity contribution in [2.45, 2.75) is 63.7 Å². The maximum Gasteiger partial charge on any atom is 0.245 e. The zero-order valence-corrected chi connectivity index (χ0v) is 23.7. The number of hydrogen-bond acceptors (Lipinski definition) is 4. The van der Waals surface area contributed by atoms with Crippen LogP contribution in [0.2, 0.25) is 0 Å². The lowest BCUT2D eigenvalue weighted by atomic mass is 9.84. The minimum absolute atomic E-state index is 0.0786. The summed E-state index contributed by atoms with van der Waals surface area (Å²) in [6.07, 6.45) is 6.61. The molecule has 40 heavy (non-hydrogen) atoms. The van der Waals surface area contributed by atoms with Gasteiger partial charge in [-0.2, -0.15) is 0 Å². The first-order valence-electron chi connectivity index (χ1n) is 13.9. The van der Waals surface area contributed by atoms with Crippen LogP contribution in [-0.4, -0.2) is 66.4 Å². The normalized spacial score (nSPS) is 20.4. The van der Waals surface area contributed by atoms with Gasteiger partial charge >= 0.3 is 0 Å². The van der Waals surface area contributed by atoms with Crippen molar-refractivity contribution in [1.82, 2.24) is 9.80 Å². The van der Waals surface area contributed by atoms with E-state index < -0.39 is 30.0 Å². The van der Waals surface area contributed by atoms with Crippen LogP contribution in [0, 0.1) is 11.6 Å². The molecule has 1 heterocycles. The van der Waals surface area contributed by atoms with E-state index in [0.717, 1.165) is 28.7 Å². The molecule has 5 nitrogen and oxygen atoms in total. The number of rotatable bonds is 11. The van der Waals surface area contributed by atoms with E-state index >= 15 is 13.2 Å². The van der Waals surface area contributed by atoms with Crippen LogP contribution in [0.25, 0.3) is 5.57 Å². The molecule has 216 valence electrons. The van der Waals surface area contributed by atoms with E-state index in [9.17, 15) is 9.90 Å². The highest BCUT2D eigenvalue weighted by atomic mass is 19.1. The summed E-state index contributed by atoms with van der Waals surface area (Å²) in [5.74, 6) is -1.46. The number of halogens is 3. The van der Waals surface area contributed by atoms with Crippen molar-refractivity contribution >= 4 is 11.5 Å². The molecule has 1 aliphatic heterocycles. The van der Waals surface area contributed by atoms with E-state index in [4.69, 9.17) is 4.74 Å². The monoisotopic (exact) mass is 556 g/mol. The Hall–Kier alpha value is -3.10. The van der Waals surface area contributed by atoms with Crippen LogP contribution >= 0.6 is 0 Å². The molecule has 0 saturated heterocycles. The molecule has 8 heteroatoms. The van der Waals surface area contributed by atoms with Crippen LogP contribution < -0.4 is 4.74 Å². The van der Waals surface area contributed by atoms with Gasteiger partial charge in [0.05, 0.1) is 19.3 Å². The lowest BCUT2D eigenvalue weighted by Gasteiger charge is -2.44. The molecule has 0 radical (unpaired) electrons. The summed E-state index contributed by atoms with van der Waals surface area (Å²) in [5, 5.41) is 9.64. The van der Waals surface area contributed by atoms with Gasteiger partial charge in [0, 0.05) is 44.4 Å². The second-order valence-electron chi connectivity index (χ2n) is 11.3. The molecule has 1 aliphatic carbocycles. The van der Waals surface area contributed by atoms with Crippen molar-refractivity contribution in [3.05, 3.63) is 82.4 Å². The third-order valence-corrected chi connectivity index (χ3v) is 7.74. The highest BCUT2D eigenvalue weighted by Crippen LogP contribution is 2.50. The van der Waals surface area contributed by atoms with Gasteiger partial charge in [-0.25, -0.2) is 13.2 Å². The van der Waals surface area contributed by atoms with Crippen LogP contribution in [0.5, 0.6) is 5.75 Å². The SMILES string of the molecule is C[C@@H]1CC2=C(Cc3ccccc32)[C@@H](c2c(F)cc(OCCCC/C=C/C(=O)N(C)C)cc2F)N1CC(C)(F)CO. The first-order chi connectivity index (χ1) is 19.0. The average molecular weight is 557 g/mol. The Morgan fingerprint density at radius 3 is 2.58 bits per heavy atom. The second-order valence-corrected chi connectivity index (χ2v) is 11.3. The number of nitrogens with zero attached hydrogens (tertiary/aromatic N) is 2. The number of fused-ring (bicyclic) bond motifs is 2. The number of benzene rings is 2. The van der Waals surface area contributed by atoms with Crippen LogP contribution in [0.3, 0.4) is 0 Å². The smallest absolute Gasteiger partial charge is 0.245 e. The number of amides is 1. The first-order valence-corrected chi connectivity index (χ1v) is 13.9. The van der Waals surface area contributed by atoms with Gasteiger partial charge in [-0.05, 0) is 74.3 Å². The maximum absolute atomic E-state index is 15.8. The first kappa shape index (κ1) is 29.9. The number of likely N-dealkylation sites (N-methyl/N-ethyl adjacent to an activating group) is 1. The number of ether oxygens (including phenoxy) is 1. The van der Waals surface area contributed by atoms with E-state index in [2.05, 4.69) is 0 Å². The molecule has 0 aromatic heterocycles. The minimum atomic E-state index is -1.93. The number of aliphatic hydroxyl groups is 1. The summed E-state index contributed by atoms with van der Waals surface area (Å²) in [5.41, 5.74) is 2.07. The van der Waals surface area contributed by atoms with Crippen molar-refractivity contribution < 1.29 is 27.8 Å². The number of unbranched alkanes of at least 4 members (excludes halogenated alkanes) is 2. The van der Waals surface area contributed by atoms with Crippen LogP contribution in [0.1, 0.15) is 62.3 Å². The van der Waals surface area contributed by atoms with Crippen molar-refractivity contribution in [2.24, 2.45) is 0 Å². The molecule has 0 saturated carbocycles. The zero-order valence-electron chi connectivity index (χ0n) is 23.7. The van der Waals surface area contributed by atoms with Gasteiger partial charge in [0.25, 0.3) is 0 Å².